The summed E-state index contributed by atoms with van der Waals surface area (Å²) < 4.78 is 1.63. The number of piperidine rings is 1. The van der Waals surface area contributed by atoms with Gasteiger partial charge >= 0.3 is 0 Å². The van der Waals surface area contributed by atoms with Crippen LogP contribution in [-0.2, 0) is 6.54 Å². The molecule has 21 heavy (non-hydrogen) atoms. The normalized spacial score (nSPS) is 26.7. The van der Waals surface area contributed by atoms with Crippen LogP contribution < -0.4 is 5.73 Å². The summed E-state index contributed by atoms with van der Waals surface area (Å²) in [6, 6.07) is 0.740. The van der Waals surface area contributed by atoms with Crippen LogP contribution >= 0.6 is 0 Å². The van der Waals surface area contributed by atoms with Crippen molar-refractivity contribution < 1.29 is 4.79 Å². The van der Waals surface area contributed by atoms with Crippen LogP contribution in [0.3, 0.4) is 0 Å². The molecule has 2 atom stereocenters. The highest BCUT2D eigenvalue weighted by Crippen LogP contribution is 2.24. The van der Waals surface area contributed by atoms with E-state index in [2.05, 4.69) is 22.1 Å². The van der Waals surface area contributed by atoms with E-state index in [0.29, 0.717) is 24.8 Å². The van der Waals surface area contributed by atoms with Crippen LogP contribution in [-0.4, -0.2) is 69.0 Å². The third-order valence-corrected chi connectivity index (χ3v) is 4.56. The molecule has 2 unspecified atom stereocenters. The first kappa shape index (κ1) is 14.5. The van der Waals surface area contributed by atoms with E-state index < -0.39 is 0 Å². The van der Waals surface area contributed by atoms with Crippen molar-refractivity contribution in [2.45, 2.75) is 44.8 Å². The van der Waals surface area contributed by atoms with Gasteiger partial charge in [0, 0.05) is 31.7 Å². The van der Waals surface area contributed by atoms with E-state index in [1.807, 2.05) is 4.90 Å². The number of carbonyl (C=O) groups excluding carboxylic acids is 1. The summed E-state index contributed by atoms with van der Waals surface area (Å²) in [5.74, 6) is -0.00371. The van der Waals surface area contributed by atoms with Crippen molar-refractivity contribution in [1.29, 1.82) is 0 Å². The Bertz CT molecular complexity index is 501. The number of hydrogen-bond donors (Lipinski definition) is 1. The van der Waals surface area contributed by atoms with E-state index in [0.717, 1.165) is 13.1 Å². The predicted molar refractivity (Wildman–Crippen MR) is 78.8 cm³/mol. The van der Waals surface area contributed by atoms with Gasteiger partial charge in [-0.25, -0.2) is 0 Å². The van der Waals surface area contributed by atoms with E-state index in [4.69, 9.17) is 5.73 Å². The Labute approximate surface area is 125 Å². The fourth-order valence-corrected chi connectivity index (χ4v) is 3.42. The highest BCUT2D eigenvalue weighted by Gasteiger charge is 2.36. The Morgan fingerprint density at radius 2 is 2.29 bits per heavy atom. The minimum Gasteiger partial charge on any atom is -0.332 e. The third-order valence-electron chi connectivity index (χ3n) is 4.56. The number of rotatable bonds is 3. The second kappa shape index (κ2) is 6.11. The van der Waals surface area contributed by atoms with Gasteiger partial charge in [0.2, 0.25) is 0 Å². The maximum atomic E-state index is 12.7. The molecule has 7 heteroatoms. The molecule has 0 bridgehead atoms. The lowest BCUT2D eigenvalue weighted by Gasteiger charge is -2.47. The number of amides is 1. The molecule has 0 saturated carbocycles. The largest absolute Gasteiger partial charge is 0.332 e. The van der Waals surface area contributed by atoms with E-state index in [9.17, 15) is 4.79 Å². The number of nitrogens with zero attached hydrogens (tertiary/aromatic N) is 5. The summed E-state index contributed by atoms with van der Waals surface area (Å²) in [7, 11) is 0. The van der Waals surface area contributed by atoms with Gasteiger partial charge in [-0.15, -0.1) is 5.10 Å². The van der Waals surface area contributed by atoms with Crippen molar-refractivity contribution in [3.63, 3.8) is 0 Å². The van der Waals surface area contributed by atoms with Gasteiger partial charge in [0.1, 0.15) is 0 Å². The average Bonchev–Trinajstić information content (AvgIpc) is 2.95. The smallest absolute Gasteiger partial charge is 0.276 e. The number of piperazine rings is 1. The van der Waals surface area contributed by atoms with Gasteiger partial charge in [0.15, 0.2) is 5.69 Å². The van der Waals surface area contributed by atoms with Crippen LogP contribution in [0.5, 0.6) is 0 Å². The summed E-state index contributed by atoms with van der Waals surface area (Å²) in [5, 5.41) is 7.96. The molecule has 2 N–H and O–H groups in total. The molecule has 3 rings (SSSR count). The number of hydrogen-bond acceptors (Lipinski definition) is 5. The first-order valence-corrected chi connectivity index (χ1v) is 7.84. The zero-order valence-electron chi connectivity index (χ0n) is 12.6. The number of aromatic nitrogens is 3. The molecule has 0 radical (unpaired) electrons. The van der Waals surface area contributed by atoms with E-state index in [1.165, 1.54) is 25.8 Å². The van der Waals surface area contributed by atoms with Crippen molar-refractivity contribution >= 4 is 5.91 Å². The monoisotopic (exact) mass is 292 g/mol. The van der Waals surface area contributed by atoms with Crippen LogP contribution in [0, 0.1) is 0 Å². The molecule has 2 aliphatic rings. The van der Waals surface area contributed by atoms with Gasteiger partial charge in [0.05, 0.1) is 12.7 Å². The number of nitrogens with two attached hydrogens (primary N) is 1. The molecule has 3 heterocycles. The van der Waals surface area contributed by atoms with Crippen LogP contribution in [0.25, 0.3) is 0 Å². The van der Waals surface area contributed by atoms with Gasteiger partial charge in [-0.05, 0) is 26.3 Å². The van der Waals surface area contributed by atoms with Gasteiger partial charge in [-0.1, -0.05) is 11.6 Å². The lowest BCUT2D eigenvalue weighted by Crippen LogP contribution is -2.60. The third kappa shape index (κ3) is 2.94. The molecule has 1 aromatic rings. The number of fused-ring (bicyclic) bond motifs is 1. The van der Waals surface area contributed by atoms with E-state index >= 15 is 0 Å². The molecule has 1 aromatic heterocycles. The predicted octanol–water partition coefficient (Wildman–Crippen LogP) is -0.0644. The van der Waals surface area contributed by atoms with E-state index in [-0.39, 0.29) is 11.9 Å². The quantitative estimate of drug-likeness (QED) is 0.844. The Kier molecular flexibility index (Phi) is 4.21. The van der Waals surface area contributed by atoms with Crippen LogP contribution in [0.4, 0.5) is 0 Å². The standard InChI is InChI=1S/C14H24N6O/c1-11-8-18-6-3-2-4-12(18)9-20(11)14(21)13-10-19(7-5-15)17-16-13/h10-12H,2-9,15H2,1H3. The van der Waals surface area contributed by atoms with Crippen molar-refractivity contribution in [2.24, 2.45) is 5.73 Å². The summed E-state index contributed by atoms with van der Waals surface area (Å²) >= 11 is 0. The molecule has 2 fully saturated rings. The molecule has 7 nitrogen and oxygen atoms in total. The van der Waals surface area contributed by atoms with Gasteiger partial charge in [0.25, 0.3) is 5.91 Å². The average molecular weight is 292 g/mol. The van der Waals surface area contributed by atoms with Gasteiger partial charge in [-0.2, -0.15) is 0 Å². The maximum Gasteiger partial charge on any atom is 0.276 e. The fourth-order valence-electron chi connectivity index (χ4n) is 3.42. The Morgan fingerprint density at radius 3 is 3.10 bits per heavy atom. The summed E-state index contributed by atoms with van der Waals surface area (Å²) in [6.45, 7) is 6.15. The summed E-state index contributed by atoms with van der Waals surface area (Å²) in [5.41, 5.74) is 5.92. The molecular formula is C14H24N6O. The van der Waals surface area contributed by atoms with Crippen molar-refractivity contribution in [2.75, 3.05) is 26.2 Å². The van der Waals surface area contributed by atoms with Gasteiger partial charge in [-0.3, -0.25) is 14.4 Å². The van der Waals surface area contributed by atoms with Crippen LogP contribution in [0.1, 0.15) is 36.7 Å². The van der Waals surface area contributed by atoms with E-state index in [1.54, 1.807) is 10.9 Å². The number of carbonyl (C=O) groups is 1. The van der Waals surface area contributed by atoms with Crippen LogP contribution in [0.15, 0.2) is 6.20 Å². The summed E-state index contributed by atoms with van der Waals surface area (Å²) in [6.07, 6.45) is 5.44. The molecule has 0 aromatic carbocycles. The van der Waals surface area contributed by atoms with Crippen molar-refractivity contribution in [3.8, 4) is 0 Å². The molecule has 1 amide bonds. The topological polar surface area (TPSA) is 80.3 Å². The minimum atomic E-state index is -0.00371. The van der Waals surface area contributed by atoms with Crippen molar-refractivity contribution in [1.82, 2.24) is 24.8 Å². The van der Waals surface area contributed by atoms with Gasteiger partial charge < -0.3 is 10.6 Å². The fraction of sp³-hybridized carbons (Fsp3) is 0.786. The van der Waals surface area contributed by atoms with Crippen LogP contribution in [0.2, 0.25) is 0 Å². The molecule has 0 aliphatic carbocycles. The maximum absolute atomic E-state index is 12.7. The molecule has 0 spiro atoms. The molecule has 2 saturated heterocycles. The Balaban J connectivity index is 1.70. The zero-order valence-corrected chi connectivity index (χ0v) is 12.6. The first-order chi connectivity index (χ1) is 10.2. The molecular weight excluding hydrogens is 268 g/mol. The highest BCUT2D eigenvalue weighted by atomic mass is 16.2. The minimum absolute atomic E-state index is 0.00371. The SMILES string of the molecule is CC1CN2CCCCC2CN1C(=O)c1cn(CCN)nn1. The first-order valence-electron chi connectivity index (χ1n) is 7.84. The Morgan fingerprint density at radius 1 is 1.43 bits per heavy atom. The summed E-state index contributed by atoms with van der Waals surface area (Å²) in [4.78, 5) is 17.2. The second-order valence-electron chi connectivity index (χ2n) is 6.11. The zero-order chi connectivity index (χ0) is 14.8. The second-order valence-corrected chi connectivity index (χ2v) is 6.11. The van der Waals surface area contributed by atoms with Crippen molar-refractivity contribution in [3.05, 3.63) is 11.9 Å². The lowest BCUT2D eigenvalue weighted by atomic mass is 9.97. The molecule has 2 aliphatic heterocycles. The lowest BCUT2D eigenvalue weighted by molar-refractivity contribution is 0.0148. The molecule has 116 valence electrons. The highest BCUT2D eigenvalue weighted by molar-refractivity contribution is 5.92. The Hall–Kier alpha value is -1.47.